The highest BCUT2D eigenvalue weighted by Crippen LogP contribution is 2.32. The van der Waals surface area contributed by atoms with E-state index in [0.717, 1.165) is 24.2 Å². The number of anilines is 1. The lowest BCUT2D eigenvalue weighted by Gasteiger charge is -2.11. The minimum absolute atomic E-state index is 0.102. The quantitative estimate of drug-likeness (QED) is 0.452. The fourth-order valence-corrected chi connectivity index (χ4v) is 3.81. The Kier molecular flexibility index (Phi) is 4.95. The summed E-state index contributed by atoms with van der Waals surface area (Å²) in [6.07, 6.45) is 0. The second-order valence-corrected chi connectivity index (χ2v) is 7.63. The van der Waals surface area contributed by atoms with Gasteiger partial charge in [-0.15, -0.1) is 11.3 Å². The van der Waals surface area contributed by atoms with Gasteiger partial charge in [-0.3, -0.25) is 4.79 Å². The summed E-state index contributed by atoms with van der Waals surface area (Å²) in [4.78, 5) is 13.7. The summed E-state index contributed by atoms with van der Waals surface area (Å²) in [6.45, 7) is 0. The van der Waals surface area contributed by atoms with Gasteiger partial charge in [0.2, 0.25) is 0 Å². The van der Waals surface area contributed by atoms with E-state index in [2.05, 4.69) is 49.9 Å². The van der Waals surface area contributed by atoms with Crippen molar-refractivity contribution in [2.24, 2.45) is 0 Å². The smallest absolute Gasteiger partial charge is 0.256 e. The van der Waals surface area contributed by atoms with Crippen LogP contribution in [0.5, 0.6) is 0 Å². The predicted octanol–water partition coefficient (Wildman–Crippen LogP) is 6.03. The molecule has 22 heavy (non-hydrogen) atoms. The van der Waals surface area contributed by atoms with Crippen molar-refractivity contribution in [1.82, 2.24) is 0 Å². The second-order valence-electron chi connectivity index (χ2n) is 4.60. The van der Waals surface area contributed by atoms with Gasteiger partial charge >= 0.3 is 0 Å². The number of nitrogens with one attached hydrogen (secondary N) is 1. The van der Waals surface area contributed by atoms with Crippen LogP contribution in [-0.4, -0.2) is 5.91 Å². The zero-order valence-corrected chi connectivity index (χ0v) is 15.9. The molecule has 0 spiro atoms. The van der Waals surface area contributed by atoms with Gasteiger partial charge in [0, 0.05) is 24.2 Å². The Morgan fingerprint density at radius 2 is 1.91 bits per heavy atom. The van der Waals surface area contributed by atoms with Crippen molar-refractivity contribution >= 4 is 61.5 Å². The molecule has 1 N–H and O–H groups in total. The Bertz CT molecular complexity index is 817. The number of para-hydroxylation sites is 1. The van der Waals surface area contributed by atoms with E-state index < -0.39 is 0 Å². The summed E-state index contributed by atoms with van der Waals surface area (Å²) in [5.74, 6) is -0.102. The highest BCUT2D eigenvalue weighted by molar-refractivity contribution is 14.1. The van der Waals surface area contributed by atoms with Crippen LogP contribution in [0.2, 0.25) is 0 Å². The third-order valence-corrected chi connectivity index (χ3v) is 5.47. The zero-order chi connectivity index (χ0) is 15.5. The summed E-state index contributed by atoms with van der Waals surface area (Å²) in [5.41, 5.74) is 2.53. The van der Waals surface area contributed by atoms with Crippen LogP contribution in [0, 0.1) is 3.57 Å². The van der Waals surface area contributed by atoms with Crippen LogP contribution in [0.15, 0.2) is 64.5 Å². The normalized spacial score (nSPS) is 10.5. The SMILES string of the molecule is O=C(Nc1ccccc1-c1cccs1)c1cc(Br)ccc1I. The summed E-state index contributed by atoms with van der Waals surface area (Å²) in [7, 11) is 0. The molecule has 0 radical (unpaired) electrons. The molecule has 2 nitrogen and oxygen atoms in total. The van der Waals surface area contributed by atoms with Crippen LogP contribution in [0.1, 0.15) is 10.4 Å². The Hall–Kier alpha value is -1.18. The van der Waals surface area contributed by atoms with E-state index in [9.17, 15) is 4.79 Å². The van der Waals surface area contributed by atoms with Gasteiger partial charge in [-0.05, 0) is 58.3 Å². The van der Waals surface area contributed by atoms with Crippen molar-refractivity contribution in [3.63, 3.8) is 0 Å². The van der Waals surface area contributed by atoms with Crippen LogP contribution in [-0.2, 0) is 0 Å². The Balaban J connectivity index is 1.94. The van der Waals surface area contributed by atoms with E-state index in [-0.39, 0.29) is 5.91 Å². The first-order valence-corrected chi connectivity index (χ1v) is 9.29. The molecule has 0 unspecified atom stereocenters. The predicted molar refractivity (Wildman–Crippen MR) is 105 cm³/mol. The second kappa shape index (κ2) is 6.93. The summed E-state index contributed by atoms with van der Waals surface area (Å²) in [6, 6.07) is 17.6. The minimum atomic E-state index is -0.102. The molecule has 0 aliphatic heterocycles. The molecule has 5 heteroatoms. The van der Waals surface area contributed by atoms with Gasteiger partial charge in [0.1, 0.15) is 0 Å². The van der Waals surface area contributed by atoms with Gasteiger partial charge < -0.3 is 5.32 Å². The molecule has 2 aromatic carbocycles. The van der Waals surface area contributed by atoms with Crippen LogP contribution in [0.4, 0.5) is 5.69 Å². The molecule has 0 fully saturated rings. The van der Waals surface area contributed by atoms with Crippen LogP contribution < -0.4 is 5.32 Å². The molecule has 3 rings (SSSR count). The van der Waals surface area contributed by atoms with E-state index in [1.54, 1.807) is 11.3 Å². The number of rotatable bonds is 3. The Labute approximate surface area is 154 Å². The lowest BCUT2D eigenvalue weighted by atomic mass is 10.1. The number of benzene rings is 2. The van der Waals surface area contributed by atoms with Crippen molar-refractivity contribution < 1.29 is 4.79 Å². The average Bonchev–Trinajstić information content (AvgIpc) is 3.04. The molecule has 0 atom stereocenters. The lowest BCUT2D eigenvalue weighted by molar-refractivity contribution is 0.102. The fourth-order valence-electron chi connectivity index (χ4n) is 2.10. The number of thiophene rings is 1. The molecule has 0 saturated carbocycles. The molecule has 1 heterocycles. The highest BCUT2D eigenvalue weighted by atomic mass is 127. The standard InChI is InChI=1S/C17H11BrINOS/c18-11-7-8-14(19)13(10-11)17(21)20-15-5-2-1-4-12(15)16-6-3-9-22-16/h1-10H,(H,20,21). The zero-order valence-electron chi connectivity index (χ0n) is 11.3. The largest absolute Gasteiger partial charge is 0.321 e. The van der Waals surface area contributed by atoms with E-state index in [1.807, 2.05) is 53.9 Å². The molecule has 0 aliphatic rings. The number of hydrogen-bond donors (Lipinski definition) is 1. The molecule has 3 aromatic rings. The number of halogens is 2. The monoisotopic (exact) mass is 483 g/mol. The summed E-state index contributed by atoms with van der Waals surface area (Å²) < 4.78 is 1.82. The average molecular weight is 484 g/mol. The lowest BCUT2D eigenvalue weighted by Crippen LogP contribution is -2.14. The van der Waals surface area contributed by atoms with E-state index in [4.69, 9.17) is 0 Å². The molecule has 110 valence electrons. The maximum Gasteiger partial charge on any atom is 0.256 e. The molecule has 0 saturated heterocycles. The number of carbonyl (C=O) groups excluding carboxylic acids is 1. The van der Waals surface area contributed by atoms with Gasteiger partial charge in [-0.25, -0.2) is 0 Å². The third kappa shape index (κ3) is 3.42. The van der Waals surface area contributed by atoms with E-state index in [1.165, 1.54) is 0 Å². The van der Waals surface area contributed by atoms with Gasteiger partial charge in [-0.1, -0.05) is 40.2 Å². The fraction of sp³-hybridized carbons (Fsp3) is 0. The maximum atomic E-state index is 12.6. The highest BCUT2D eigenvalue weighted by Gasteiger charge is 2.13. The van der Waals surface area contributed by atoms with Gasteiger partial charge in [0.15, 0.2) is 0 Å². The van der Waals surface area contributed by atoms with Crippen LogP contribution >= 0.6 is 49.9 Å². The molecule has 0 aliphatic carbocycles. The van der Waals surface area contributed by atoms with Crippen molar-refractivity contribution in [1.29, 1.82) is 0 Å². The topological polar surface area (TPSA) is 29.1 Å². The first-order chi connectivity index (χ1) is 10.6. The Morgan fingerprint density at radius 3 is 2.68 bits per heavy atom. The van der Waals surface area contributed by atoms with Gasteiger partial charge in [0.25, 0.3) is 5.91 Å². The maximum absolute atomic E-state index is 12.6. The summed E-state index contributed by atoms with van der Waals surface area (Å²) >= 11 is 7.25. The van der Waals surface area contributed by atoms with Gasteiger partial charge in [-0.2, -0.15) is 0 Å². The first kappa shape index (κ1) is 15.7. The molecular weight excluding hydrogens is 473 g/mol. The van der Waals surface area contributed by atoms with Crippen LogP contribution in [0.3, 0.4) is 0 Å². The van der Waals surface area contributed by atoms with Crippen molar-refractivity contribution in [3.05, 3.63) is 73.6 Å². The first-order valence-electron chi connectivity index (χ1n) is 6.54. The third-order valence-electron chi connectivity index (χ3n) is 3.13. The number of carbonyl (C=O) groups is 1. The summed E-state index contributed by atoms with van der Waals surface area (Å²) in [5, 5.41) is 5.06. The van der Waals surface area contributed by atoms with Crippen molar-refractivity contribution in [3.8, 4) is 10.4 Å². The Morgan fingerprint density at radius 1 is 1.09 bits per heavy atom. The van der Waals surface area contributed by atoms with E-state index >= 15 is 0 Å². The van der Waals surface area contributed by atoms with Crippen molar-refractivity contribution in [2.75, 3.05) is 5.32 Å². The van der Waals surface area contributed by atoms with Crippen LogP contribution in [0.25, 0.3) is 10.4 Å². The molecule has 1 aromatic heterocycles. The minimum Gasteiger partial charge on any atom is -0.321 e. The number of hydrogen-bond acceptors (Lipinski definition) is 2. The van der Waals surface area contributed by atoms with E-state index in [0.29, 0.717) is 5.56 Å². The molecule has 1 amide bonds. The molecule has 0 bridgehead atoms. The van der Waals surface area contributed by atoms with Gasteiger partial charge in [0.05, 0.1) is 5.56 Å². The van der Waals surface area contributed by atoms with Crippen molar-refractivity contribution in [2.45, 2.75) is 0 Å². The molecular formula is C17H11BrINOS. The number of amides is 1.